The number of ether oxygens (including phenoxy) is 2. The van der Waals surface area contributed by atoms with Crippen LogP contribution in [0.3, 0.4) is 0 Å². The number of epoxide rings is 1. The molecule has 92 valence electrons. The Morgan fingerprint density at radius 3 is 2.69 bits per heavy atom. The number of carbonyl (C=O) groups excluding carboxylic acids is 1. The molecule has 2 rings (SSSR count). The highest BCUT2D eigenvalue weighted by molar-refractivity contribution is 5.68. The first-order chi connectivity index (χ1) is 7.46. The minimum Gasteiger partial charge on any atom is -0.444 e. The SMILES string of the molecule is CC(C)(C)OC(=O)N1CCC[C@H]([C@H]2CO2)C1. The van der Waals surface area contributed by atoms with E-state index in [9.17, 15) is 4.79 Å². The highest BCUT2D eigenvalue weighted by Gasteiger charge is 2.37. The Morgan fingerprint density at radius 1 is 1.44 bits per heavy atom. The lowest BCUT2D eigenvalue weighted by atomic mass is 9.95. The maximum Gasteiger partial charge on any atom is 0.410 e. The van der Waals surface area contributed by atoms with E-state index < -0.39 is 5.60 Å². The van der Waals surface area contributed by atoms with Gasteiger partial charge in [0.2, 0.25) is 0 Å². The van der Waals surface area contributed by atoms with E-state index in [1.54, 1.807) is 0 Å². The number of piperidine rings is 1. The molecule has 4 heteroatoms. The van der Waals surface area contributed by atoms with Gasteiger partial charge in [0.25, 0.3) is 0 Å². The summed E-state index contributed by atoms with van der Waals surface area (Å²) in [5.74, 6) is 0.515. The maximum absolute atomic E-state index is 11.9. The molecule has 2 aliphatic heterocycles. The van der Waals surface area contributed by atoms with Crippen LogP contribution >= 0.6 is 0 Å². The smallest absolute Gasteiger partial charge is 0.410 e. The first-order valence-electron chi connectivity index (χ1n) is 6.05. The second-order valence-electron chi connectivity index (χ2n) is 5.70. The van der Waals surface area contributed by atoms with Crippen LogP contribution in [0.2, 0.25) is 0 Å². The van der Waals surface area contributed by atoms with E-state index in [-0.39, 0.29) is 6.09 Å². The Bertz CT molecular complexity index is 268. The standard InChI is InChI=1S/C12H21NO3/c1-12(2,3)16-11(14)13-6-4-5-9(7-13)10-8-15-10/h9-10H,4-8H2,1-3H3/t9-,10+/m0/s1. The third-order valence-corrected chi connectivity index (χ3v) is 2.99. The predicted octanol–water partition coefficient (Wildman–Crippen LogP) is 2.03. The number of hydrogen-bond acceptors (Lipinski definition) is 3. The molecule has 0 unspecified atom stereocenters. The summed E-state index contributed by atoms with van der Waals surface area (Å²) in [7, 11) is 0. The van der Waals surface area contributed by atoms with E-state index in [4.69, 9.17) is 9.47 Å². The fourth-order valence-electron chi connectivity index (χ4n) is 2.13. The third kappa shape index (κ3) is 3.11. The highest BCUT2D eigenvalue weighted by Crippen LogP contribution is 2.29. The summed E-state index contributed by atoms with van der Waals surface area (Å²) in [5.41, 5.74) is -0.403. The van der Waals surface area contributed by atoms with Crippen LogP contribution in [0.5, 0.6) is 0 Å². The molecular weight excluding hydrogens is 206 g/mol. The molecule has 0 bridgehead atoms. The normalized spacial score (nSPS) is 30.1. The number of hydrogen-bond donors (Lipinski definition) is 0. The van der Waals surface area contributed by atoms with Crippen LogP contribution in [0.15, 0.2) is 0 Å². The van der Waals surface area contributed by atoms with Crippen LogP contribution in [0, 0.1) is 5.92 Å². The molecule has 0 aromatic heterocycles. The summed E-state index contributed by atoms with van der Waals surface area (Å²) < 4.78 is 10.7. The Kier molecular flexibility index (Phi) is 3.10. The first-order valence-corrected chi connectivity index (χ1v) is 6.05. The Labute approximate surface area is 96.9 Å². The van der Waals surface area contributed by atoms with Gasteiger partial charge in [0.15, 0.2) is 0 Å². The van der Waals surface area contributed by atoms with E-state index >= 15 is 0 Å². The van der Waals surface area contributed by atoms with Gasteiger partial charge in [0, 0.05) is 19.0 Å². The molecule has 0 aromatic rings. The van der Waals surface area contributed by atoms with Gasteiger partial charge in [0.1, 0.15) is 5.60 Å². The summed E-state index contributed by atoms with van der Waals surface area (Å²) in [6.45, 7) is 8.17. The summed E-state index contributed by atoms with van der Waals surface area (Å²) in [5, 5.41) is 0. The highest BCUT2D eigenvalue weighted by atomic mass is 16.6. The van der Waals surface area contributed by atoms with E-state index in [0.29, 0.717) is 12.0 Å². The van der Waals surface area contributed by atoms with Gasteiger partial charge in [-0.05, 0) is 33.6 Å². The van der Waals surface area contributed by atoms with Gasteiger partial charge >= 0.3 is 6.09 Å². The van der Waals surface area contributed by atoms with Crippen molar-refractivity contribution in [2.24, 2.45) is 5.92 Å². The van der Waals surface area contributed by atoms with Crippen LogP contribution < -0.4 is 0 Å². The lowest BCUT2D eigenvalue weighted by molar-refractivity contribution is 0.0151. The zero-order valence-electron chi connectivity index (χ0n) is 10.4. The summed E-state index contributed by atoms with van der Waals surface area (Å²) in [6.07, 6.45) is 2.44. The molecule has 0 radical (unpaired) electrons. The van der Waals surface area contributed by atoms with Crippen molar-refractivity contribution in [2.75, 3.05) is 19.7 Å². The topological polar surface area (TPSA) is 42.1 Å². The second-order valence-corrected chi connectivity index (χ2v) is 5.70. The van der Waals surface area contributed by atoms with Gasteiger partial charge in [-0.15, -0.1) is 0 Å². The molecule has 2 heterocycles. The van der Waals surface area contributed by atoms with Gasteiger partial charge in [-0.25, -0.2) is 4.79 Å². The molecule has 4 nitrogen and oxygen atoms in total. The molecule has 2 aliphatic rings. The Balaban J connectivity index is 1.86. The average molecular weight is 227 g/mol. The van der Waals surface area contributed by atoms with Crippen molar-refractivity contribution in [3.63, 3.8) is 0 Å². The van der Waals surface area contributed by atoms with Crippen molar-refractivity contribution >= 4 is 6.09 Å². The molecule has 1 amide bonds. The number of rotatable bonds is 1. The molecule has 2 fully saturated rings. The molecule has 0 aromatic carbocycles. The molecule has 0 spiro atoms. The average Bonchev–Trinajstić information content (AvgIpc) is 2.98. The molecular formula is C12H21NO3. The maximum atomic E-state index is 11.9. The number of likely N-dealkylation sites (tertiary alicyclic amines) is 1. The van der Waals surface area contributed by atoms with Gasteiger partial charge in [-0.3, -0.25) is 0 Å². The predicted molar refractivity (Wildman–Crippen MR) is 60.3 cm³/mol. The largest absolute Gasteiger partial charge is 0.444 e. The summed E-state index contributed by atoms with van der Waals surface area (Å²) in [6, 6.07) is 0. The molecule has 2 atom stereocenters. The van der Waals surface area contributed by atoms with Crippen molar-refractivity contribution < 1.29 is 14.3 Å². The quantitative estimate of drug-likeness (QED) is 0.644. The van der Waals surface area contributed by atoms with Crippen LogP contribution in [0.25, 0.3) is 0 Å². The lowest BCUT2D eigenvalue weighted by Crippen LogP contribution is -2.44. The Hall–Kier alpha value is -0.770. The fraction of sp³-hybridized carbons (Fsp3) is 0.917. The third-order valence-electron chi connectivity index (χ3n) is 2.99. The lowest BCUT2D eigenvalue weighted by Gasteiger charge is -2.33. The van der Waals surface area contributed by atoms with Gasteiger partial charge < -0.3 is 14.4 Å². The zero-order chi connectivity index (χ0) is 11.8. The van der Waals surface area contributed by atoms with E-state index in [0.717, 1.165) is 26.1 Å². The molecule has 16 heavy (non-hydrogen) atoms. The Morgan fingerprint density at radius 2 is 2.12 bits per heavy atom. The molecule has 0 aliphatic carbocycles. The number of nitrogens with zero attached hydrogens (tertiary/aromatic N) is 1. The van der Waals surface area contributed by atoms with Gasteiger partial charge in [0.05, 0.1) is 12.7 Å². The minimum absolute atomic E-state index is 0.183. The van der Waals surface area contributed by atoms with E-state index in [1.807, 2.05) is 25.7 Å². The van der Waals surface area contributed by atoms with Crippen molar-refractivity contribution in [3.8, 4) is 0 Å². The molecule has 2 saturated heterocycles. The fourth-order valence-corrected chi connectivity index (χ4v) is 2.13. The molecule has 0 N–H and O–H groups in total. The number of carbonyl (C=O) groups is 1. The van der Waals surface area contributed by atoms with Crippen molar-refractivity contribution in [1.82, 2.24) is 4.90 Å². The van der Waals surface area contributed by atoms with Crippen LogP contribution in [0.4, 0.5) is 4.79 Å². The van der Waals surface area contributed by atoms with Crippen molar-refractivity contribution in [2.45, 2.75) is 45.3 Å². The second kappa shape index (κ2) is 4.24. The molecule has 0 saturated carbocycles. The van der Waals surface area contributed by atoms with Crippen LogP contribution in [-0.4, -0.2) is 42.4 Å². The number of amides is 1. The van der Waals surface area contributed by atoms with Crippen LogP contribution in [-0.2, 0) is 9.47 Å². The van der Waals surface area contributed by atoms with Gasteiger partial charge in [-0.1, -0.05) is 0 Å². The van der Waals surface area contributed by atoms with Crippen molar-refractivity contribution in [3.05, 3.63) is 0 Å². The minimum atomic E-state index is -0.403. The first kappa shape index (κ1) is 11.7. The van der Waals surface area contributed by atoms with Gasteiger partial charge in [-0.2, -0.15) is 0 Å². The zero-order valence-corrected chi connectivity index (χ0v) is 10.4. The summed E-state index contributed by atoms with van der Waals surface area (Å²) >= 11 is 0. The van der Waals surface area contributed by atoms with E-state index in [1.165, 1.54) is 6.42 Å². The summed E-state index contributed by atoms with van der Waals surface area (Å²) in [4.78, 5) is 13.7. The van der Waals surface area contributed by atoms with Crippen LogP contribution in [0.1, 0.15) is 33.6 Å². The van der Waals surface area contributed by atoms with E-state index in [2.05, 4.69) is 0 Å². The van der Waals surface area contributed by atoms with Crippen molar-refractivity contribution in [1.29, 1.82) is 0 Å². The monoisotopic (exact) mass is 227 g/mol.